The maximum absolute atomic E-state index is 4.49. The fourth-order valence-electron chi connectivity index (χ4n) is 2.60. The molecule has 0 aliphatic heterocycles. The van der Waals surface area contributed by atoms with E-state index in [1.165, 1.54) is 63.5 Å². The van der Waals surface area contributed by atoms with Gasteiger partial charge in [-0.2, -0.15) is 0 Å². The number of nitrogens with one attached hydrogen (secondary N) is 1. The summed E-state index contributed by atoms with van der Waals surface area (Å²) in [6.07, 6.45) is 17.5. The largest absolute Gasteiger partial charge is 0.337 e. The van der Waals surface area contributed by atoms with Gasteiger partial charge in [-0.05, 0) is 19.4 Å². The van der Waals surface area contributed by atoms with Gasteiger partial charge >= 0.3 is 0 Å². The summed E-state index contributed by atoms with van der Waals surface area (Å²) in [5.41, 5.74) is 1.22. The van der Waals surface area contributed by atoms with Crippen LogP contribution in [0.15, 0.2) is 12.5 Å². The van der Waals surface area contributed by atoms with E-state index in [9.17, 15) is 0 Å². The van der Waals surface area contributed by atoms with Gasteiger partial charge < -0.3 is 9.88 Å². The third kappa shape index (κ3) is 9.67. The van der Waals surface area contributed by atoms with Crippen LogP contribution in [0.1, 0.15) is 77.3 Å². The number of imidazole rings is 1. The van der Waals surface area contributed by atoms with Gasteiger partial charge in [0.2, 0.25) is 0 Å². The Kier molecular flexibility index (Phi) is 11.2. The van der Waals surface area contributed by atoms with Crippen molar-refractivity contribution in [2.24, 2.45) is 0 Å². The quantitative estimate of drug-likeness (QED) is 0.509. The Labute approximate surface area is 131 Å². The van der Waals surface area contributed by atoms with E-state index < -0.39 is 0 Å². The minimum Gasteiger partial charge on any atom is -0.337 e. The second-order valence-electron chi connectivity index (χ2n) is 6.08. The average molecular weight is 293 g/mol. The fraction of sp³-hybridized carbons (Fsp3) is 0.833. The van der Waals surface area contributed by atoms with Crippen LogP contribution >= 0.6 is 0 Å². The molecule has 0 saturated heterocycles. The molecule has 0 aromatic carbocycles. The molecule has 0 aliphatic carbocycles. The molecule has 0 amide bonds. The van der Waals surface area contributed by atoms with Crippen molar-refractivity contribution in [1.29, 1.82) is 0 Å². The molecule has 3 nitrogen and oxygen atoms in total. The first-order valence-corrected chi connectivity index (χ1v) is 9.08. The highest BCUT2D eigenvalue weighted by Gasteiger charge is 1.99. The molecule has 0 aliphatic rings. The van der Waals surface area contributed by atoms with Gasteiger partial charge in [0, 0.05) is 25.7 Å². The summed E-state index contributed by atoms with van der Waals surface area (Å²) >= 11 is 0. The summed E-state index contributed by atoms with van der Waals surface area (Å²) in [5, 5.41) is 3.42. The first-order valence-electron chi connectivity index (χ1n) is 9.08. The number of hydrogen-bond acceptors (Lipinski definition) is 2. The van der Waals surface area contributed by atoms with E-state index >= 15 is 0 Å². The smallest absolute Gasteiger partial charge is 0.0949 e. The van der Waals surface area contributed by atoms with Crippen LogP contribution in [0.5, 0.6) is 0 Å². The van der Waals surface area contributed by atoms with E-state index in [0.717, 1.165) is 26.1 Å². The fourth-order valence-corrected chi connectivity index (χ4v) is 2.60. The molecule has 0 unspecified atom stereocenters. The minimum absolute atomic E-state index is 1.04. The normalized spacial score (nSPS) is 11.1. The lowest BCUT2D eigenvalue weighted by atomic mass is 10.1. The molecular weight excluding hydrogens is 258 g/mol. The number of rotatable bonds is 14. The lowest BCUT2D eigenvalue weighted by Gasteiger charge is -2.03. The van der Waals surface area contributed by atoms with Gasteiger partial charge in [-0.25, -0.2) is 4.98 Å². The van der Waals surface area contributed by atoms with Crippen LogP contribution in [0.4, 0.5) is 0 Å². The van der Waals surface area contributed by atoms with Crippen LogP contribution in [-0.2, 0) is 13.0 Å². The molecule has 0 bridgehead atoms. The summed E-state index contributed by atoms with van der Waals surface area (Å²) < 4.78 is 2.26. The van der Waals surface area contributed by atoms with Crippen LogP contribution in [0.25, 0.3) is 0 Å². The number of aryl methyl sites for hydroxylation is 1. The number of unbranched alkanes of at least 4 members (excludes halogenated alkanes) is 7. The van der Waals surface area contributed by atoms with E-state index in [4.69, 9.17) is 0 Å². The molecule has 0 radical (unpaired) electrons. The Morgan fingerprint density at radius 2 is 1.62 bits per heavy atom. The Morgan fingerprint density at radius 3 is 2.33 bits per heavy atom. The number of nitrogens with zero attached hydrogens (tertiary/aromatic N) is 2. The maximum atomic E-state index is 4.49. The molecule has 1 heterocycles. The van der Waals surface area contributed by atoms with Crippen molar-refractivity contribution >= 4 is 0 Å². The van der Waals surface area contributed by atoms with E-state index in [1.54, 1.807) is 0 Å². The summed E-state index contributed by atoms with van der Waals surface area (Å²) in [7, 11) is 0. The molecule has 0 spiro atoms. The summed E-state index contributed by atoms with van der Waals surface area (Å²) in [5.74, 6) is 0. The summed E-state index contributed by atoms with van der Waals surface area (Å²) in [6.45, 7) is 7.76. The Balaban J connectivity index is 1.98. The number of hydrogen-bond donors (Lipinski definition) is 1. The van der Waals surface area contributed by atoms with E-state index in [2.05, 4.69) is 34.9 Å². The standard InChI is InChI=1S/C18H35N3/c1-3-5-6-7-8-9-10-11-15-21-16-18(20-17-21)12-14-19-13-4-2/h16-17,19H,3-15H2,1-2H3. The van der Waals surface area contributed by atoms with E-state index in [0.29, 0.717) is 0 Å². The predicted molar refractivity (Wildman–Crippen MR) is 91.7 cm³/mol. The topological polar surface area (TPSA) is 29.9 Å². The lowest BCUT2D eigenvalue weighted by molar-refractivity contribution is 0.543. The molecule has 1 N–H and O–H groups in total. The molecule has 0 fully saturated rings. The lowest BCUT2D eigenvalue weighted by Crippen LogP contribution is -2.17. The van der Waals surface area contributed by atoms with Crippen molar-refractivity contribution in [3.63, 3.8) is 0 Å². The van der Waals surface area contributed by atoms with Gasteiger partial charge in [-0.1, -0.05) is 58.8 Å². The van der Waals surface area contributed by atoms with Crippen LogP contribution in [0.2, 0.25) is 0 Å². The summed E-state index contributed by atoms with van der Waals surface area (Å²) in [6, 6.07) is 0. The zero-order valence-electron chi connectivity index (χ0n) is 14.2. The van der Waals surface area contributed by atoms with Crippen molar-refractivity contribution in [1.82, 2.24) is 14.9 Å². The maximum Gasteiger partial charge on any atom is 0.0949 e. The molecule has 0 atom stereocenters. The molecule has 1 aromatic heterocycles. The SMILES string of the molecule is CCCCCCCCCCn1cnc(CCNCCC)c1. The molecule has 1 aromatic rings. The molecule has 21 heavy (non-hydrogen) atoms. The number of aromatic nitrogens is 2. The van der Waals surface area contributed by atoms with E-state index in [-0.39, 0.29) is 0 Å². The van der Waals surface area contributed by atoms with Crippen molar-refractivity contribution in [3.8, 4) is 0 Å². The highest BCUT2D eigenvalue weighted by atomic mass is 15.0. The molecule has 0 saturated carbocycles. The van der Waals surface area contributed by atoms with Crippen LogP contribution in [0.3, 0.4) is 0 Å². The van der Waals surface area contributed by atoms with Crippen molar-refractivity contribution in [2.75, 3.05) is 13.1 Å². The highest BCUT2D eigenvalue weighted by molar-refractivity contribution is 4.97. The Bertz CT molecular complexity index is 333. The summed E-state index contributed by atoms with van der Waals surface area (Å²) in [4.78, 5) is 4.49. The van der Waals surface area contributed by atoms with E-state index in [1.807, 2.05) is 6.33 Å². The van der Waals surface area contributed by atoms with Crippen molar-refractivity contribution in [2.45, 2.75) is 84.6 Å². The van der Waals surface area contributed by atoms with Crippen molar-refractivity contribution < 1.29 is 0 Å². The molecule has 122 valence electrons. The Morgan fingerprint density at radius 1 is 0.905 bits per heavy atom. The Hall–Kier alpha value is -0.830. The third-order valence-corrected chi connectivity index (χ3v) is 3.94. The predicted octanol–water partition coefficient (Wildman–Crippen LogP) is 4.57. The van der Waals surface area contributed by atoms with Crippen LogP contribution < -0.4 is 5.32 Å². The van der Waals surface area contributed by atoms with Gasteiger partial charge in [0.05, 0.1) is 12.0 Å². The monoisotopic (exact) mass is 293 g/mol. The second kappa shape index (κ2) is 12.9. The zero-order valence-corrected chi connectivity index (χ0v) is 14.2. The van der Waals surface area contributed by atoms with Gasteiger partial charge in [-0.3, -0.25) is 0 Å². The molecule has 1 rings (SSSR count). The first kappa shape index (κ1) is 18.2. The van der Waals surface area contributed by atoms with Crippen LogP contribution in [-0.4, -0.2) is 22.6 Å². The van der Waals surface area contributed by atoms with Crippen molar-refractivity contribution in [3.05, 3.63) is 18.2 Å². The average Bonchev–Trinajstić information content (AvgIpc) is 2.94. The molecular formula is C18H35N3. The third-order valence-electron chi connectivity index (χ3n) is 3.94. The minimum atomic E-state index is 1.04. The van der Waals surface area contributed by atoms with Gasteiger partial charge in [0.25, 0.3) is 0 Å². The van der Waals surface area contributed by atoms with Gasteiger partial charge in [-0.15, -0.1) is 0 Å². The first-order chi connectivity index (χ1) is 10.4. The molecule has 3 heteroatoms. The second-order valence-corrected chi connectivity index (χ2v) is 6.08. The van der Waals surface area contributed by atoms with Crippen LogP contribution in [0, 0.1) is 0 Å². The zero-order chi connectivity index (χ0) is 15.2. The highest BCUT2D eigenvalue weighted by Crippen LogP contribution is 2.09. The van der Waals surface area contributed by atoms with Gasteiger partial charge in [0.15, 0.2) is 0 Å². The van der Waals surface area contributed by atoms with Gasteiger partial charge in [0.1, 0.15) is 0 Å².